The second-order valence-corrected chi connectivity index (χ2v) is 11.9. The van der Waals surface area contributed by atoms with Crippen LogP contribution < -0.4 is 0 Å². The largest absolute Gasteiger partial charge is 0.466 e. The van der Waals surface area contributed by atoms with Crippen LogP contribution in [-0.2, 0) is 23.5 Å². The van der Waals surface area contributed by atoms with Crippen molar-refractivity contribution in [2.75, 3.05) is 14.2 Å². The lowest BCUT2D eigenvalue weighted by Gasteiger charge is -2.38. The van der Waals surface area contributed by atoms with E-state index >= 15 is 0 Å². The average molecular weight is 357 g/mol. The zero-order chi connectivity index (χ0) is 19.0. The van der Waals surface area contributed by atoms with Gasteiger partial charge in [0.2, 0.25) is 0 Å². The molecule has 0 N–H and O–H groups in total. The number of carbonyl (C=O) groups is 2. The van der Waals surface area contributed by atoms with Crippen molar-refractivity contribution < 1.29 is 23.5 Å². The van der Waals surface area contributed by atoms with Gasteiger partial charge in [0.1, 0.15) is 0 Å². The summed E-state index contributed by atoms with van der Waals surface area (Å²) in [7, 11) is 0.606. The van der Waals surface area contributed by atoms with Crippen LogP contribution in [0.1, 0.15) is 40.5 Å². The number of methoxy groups -OCH3 is 2. The van der Waals surface area contributed by atoms with Crippen molar-refractivity contribution in [1.29, 1.82) is 0 Å². The van der Waals surface area contributed by atoms with E-state index in [9.17, 15) is 9.59 Å². The van der Waals surface area contributed by atoms with E-state index in [1.165, 1.54) is 14.2 Å². The Balaban J connectivity index is 5.39. The first-order chi connectivity index (χ1) is 11.0. The van der Waals surface area contributed by atoms with Crippen molar-refractivity contribution in [3.05, 3.63) is 23.8 Å². The van der Waals surface area contributed by atoms with Crippen LogP contribution in [0.2, 0.25) is 18.1 Å². The smallest absolute Gasteiger partial charge is 0.338 e. The normalized spacial score (nSPS) is 14.6. The Morgan fingerprint density at radius 2 is 1.71 bits per heavy atom. The summed E-state index contributed by atoms with van der Waals surface area (Å²) < 4.78 is 15.7. The molecule has 0 aromatic carbocycles. The molecule has 6 heteroatoms. The van der Waals surface area contributed by atoms with E-state index in [1.54, 1.807) is 6.08 Å². The van der Waals surface area contributed by atoms with Gasteiger partial charge < -0.3 is 13.9 Å². The molecule has 0 aliphatic rings. The zero-order valence-corrected chi connectivity index (χ0v) is 17.3. The highest BCUT2D eigenvalue weighted by molar-refractivity contribution is 6.74. The van der Waals surface area contributed by atoms with Crippen molar-refractivity contribution in [3.63, 3.8) is 0 Å². The molecule has 0 aliphatic carbocycles. The van der Waals surface area contributed by atoms with E-state index in [0.29, 0.717) is 0 Å². The van der Waals surface area contributed by atoms with Gasteiger partial charge in [0, 0.05) is 6.08 Å². The number of hydrogen-bond acceptors (Lipinski definition) is 5. The topological polar surface area (TPSA) is 61.8 Å². The van der Waals surface area contributed by atoms with E-state index in [1.807, 2.05) is 6.08 Å². The SMILES string of the molecule is CCC[C@@H](/C=C/C(=C/C(=O)OC)C(=O)OC)O[Si](C)(C)C(C)(C)C. The highest BCUT2D eigenvalue weighted by Gasteiger charge is 2.38. The Labute approximate surface area is 147 Å². The lowest BCUT2D eigenvalue weighted by Crippen LogP contribution is -2.43. The van der Waals surface area contributed by atoms with Gasteiger partial charge in [-0.1, -0.05) is 40.2 Å². The molecule has 0 aromatic rings. The Kier molecular flexibility index (Phi) is 9.21. The Morgan fingerprint density at radius 3 is 2.12 bits per heavy atom. The first kappa shape index (κ1) is 22.6. The predicted molar refractivity (Wildman–Crippen MR) is 98.2 cm³/mol. The van der Waals surface area contributed by atoms with E-state index in [4.69, 9.17) is 9.16 Å². The summed E-state index contributed by atoms with van der Waals surface area (Å²) in [4.78, 5) is 23.2. The molecule has 0 saturated carbocycles. The molecule has 0 spiro atoms. The number of carbonyl (C=O) groups excluding carboxylic acids is 2. The summed E-state index contributed by atoms with van der Waals surface area (Å²) in [6.07, 6.45) is 6.22. The number of hydrogen-bond donors (Lipinski definition) is 0. The summed E-state index contributed by atoms with van der Waals surface area (Å²) >= 11 is 0. The first-order valence-corrected chi connectivity index (χ1v) is 11.1. The maximum atomic E-state index is 11.8. The highest BCUT2D eigenvalue weighted by Crippen LogP contribution is 2.37. The van der Waals surface area contributed by atoms with Crippen LogP contribution in [0, 0.1) is 0 Å². The molecule has 0 radical (unpaired) electrons. The molecule has 0 fully saturated rings. The highest BCUT2D eigenvalue weighted by atomic mass is 28.4. The first-order valence-electron chi connectivity index (χ1n) is 8.22. The van der Waals surface area contributed by atoms with Crippen molar-refractivity contribution in [2.24, 2.45) is 0 Å². The lowest BCUT2D eigenvalue weighted by molar-refractivity contribution is -0.138. The Hall–Kier alpha value is -1.40. The average Bonchev–Trinajstić information content (AvgIpc) is 2.48. The van der Waals surface area contributed by atoms with E-state index in [2.05, 4.69) is 45.5 Å². The van der Waals surface area contributed by atoms with Gasteiger partial charge in [0.15, 0.2) is 8.32 Å². The Bertz CT molecular complexity index is 486. The van der Waals surface area contributed by atoms with E-state index in [0.717, 1.165) is 18.9 Å². The minimum atomic E-state index is -1.93. The molecule has 0 amide bonds. The van der Waals surface area contributed by atoms with Gasteiger partial charge >= 0.3 is 11.9 Å². The lowest BCUT2D eigenvalue weighted by atomic mass is 10.1. The van der Waals surface area contributed by atoms with Gasteiger partial charge in [-0.25, -0.2) is 9.59 Å². The molecular formula is C18H32O5Si. The van der Waals surface area contributed by atoms with Crippen LogP contribution in [0.25, 0.3) is 0 Å². The van der Waals surface area contributed by atoms with Crippen molar-refractivity contribution in [2.45, 2.75) is 64.8 Å². The molecule has 1 atom stereocenters. The summed E-state index contributed by atoms with van der Waals surface area (Å²) in [6.45, 7) is 13.0. The molecule has 0 bridgehead atoms. The number of rotatable bonds is 8. The predicted octanol–water partition coefficient (Wildman–Crippen LogP) is 4.01. The molecule has 138 valence electrons. The van der Waals surface area contributed by atoms with E-state index in [-0.39, 0.29) is 16.7 Å². The Morgan fingerprint density at radius 1 is 1.12 bits per heavy atom. The fourth-order valence-corrected chi connectivity index (χ4v) is 3.03. The third-order valence-corrected chi connectivity index (χ3v) is 8.72. The second-order valence-electron chi connectivity index (χ2n) is 7.18. The van der Waals surface area contributed by atoms with Crippen molar-refractivity contribution >= 4 is 20.3 Å². The molecular weight excluding hydrogens is 324 g/mol. The van der Waals surface area contributed by atoms with Crippen LogP contribution in [0.4, 0.5) is 0 Å². The fourth-order valence-electron chi connectivity index (χ4n) is 1.72. The molecule has 0 unspecified atom stereocenters. The standard InChI is InChI=1S/C18H32O5Si/c1-9-10-15(23-24(7,8)18(2,3)4)12-11-14(17(20)22-6)13-16(19)21-5/h11-13,15H,9-10H2,1-8H3/b12-11+,14-13-/t15-/m0/s1. The van der Waals surface area contributed by atoms with E-state index < -0.39 is 20.3 Å². The van der Waals surface area contributed by atoms with Gasteiger partial charge in [0.05, 0.1) is 25.9 Å². The van der Waals surface area contributed by atoms with Gasteiger partial charge in [0.25, 0.3) is 0 Å². The van der Waals surface area contributed by atoms with Gasteiger partial charge in [-0.3, -0.25) is 0 Å². The van der Waals surface area contributed by atoms with Crippen molar-refractivity contribution in [1.82, 2.24) is 0 Å². The van der Waals surface area contributed by atoms with Gasteiger partial charge in [-0.05, 0) is 30.6 Å². The molecule has 5 nitrogen and oxygen atoms in total. The monoisotopic (exact) mass is 356 g/mol. The minimum absolute atomic E-state index is 0.0971. The van der Waals surface area contributed by atoms with Crippen LogP contribution >= 0.6 is 0 Å². The molecule has 0 saturated heterocycles. The van der Waals surface area contributed by atoms with Crippen molar-refractivity contribution in [3.8, 4) is 0 Å². The third-order valence-electron chi connectivity index (χ3n) is 4.21. The maximum Gasteiger partial charge on any atom is 0.338 e. The molecule has 0 aliphatic heterocycles. The summed E-state index contributed by atoms with van der Waals surface area (Å²) in [5.41, 5.74) is 0.143. The molecule has 0 heterocycles. The van der Waals surface area contributed by atoms with Crippen LogP contribution in [0.3, 0.4) is 0 Å². The van der Waals surface area contributed by atoms with Crippen LogP contribution in [-0.4, -0.2) is 40.6 Å². The summed E-state index contributed by atoms with van der Waals surface area (Å²) in [5.74, 6) is -1.18. The summed E-state index contributed by atoms with van der Waals surface area (Å²) in [6, 6.07) is 0. The third kappa shape index (κ3) is 7.44. The zero-order valence-electron chi connectivity index (χ0n) is 16.3. The molecule has 0 rings (SSSR count). The maximum absolute atomic E-state index is 11.8. The van der Waals surface area contributed by atoms with Crippen LogP contribution in [0.15, 0.2) is 23.8 Å². The number of esters is 2. The molecule has 0 aromatic heterocycles. The summed E-state index contributed by atoms with van der Waals surface area (Å²) in [5, 5.41) is 0.0971. The van der Waals surface area contributed by atoms with Crippen LogP contribution in [0.5, 0.6) is 0 Å². The second kappa shape index (κ2) is 9.79. The molecule has 24 heavy (non-hydrogen) atoms. The van der Waals surface area contributed by atoms with Gasteiger partial charge in [-0.15, -0.1) is 0 Å². The fraction of sp³-hybridized carbons (Fsp3) is 0.667. The number of ether oxygens (including phenoxy) is 2. The van der Waals surface area contributed by atoms with Gasteiger partial charge in [-0.2, -0.15) is 0 Å². The minimum Gasteiger partial charge on any atom is -0.466 e. The quantitative estimate of drug-likeness (QED) is 0.285.